The minimum absolute atomic E-state index is 0.0692. The van der Waals surface area contributed by atoms with Gasteiger partial charge in [-0.15, -0.1) is 0 Å². The minimum Gasteiger partial charge on any atom is -0.355 e. The molecule has 2 N–H and O–H groups in total. The molecule has 1 aliphatic rings. The second-order valence-corrected chi connectivity index (χ2v) is 5.65. The molecule has 1 unspecified atom stereocenters. The molecule has 4 nitrogen and oxygen atoms in total. The third kappa shape index (κ3) is 3.85. The first-order valence-corrected chi connectivity index (χ1v) is 7.53. The van der Waals surface area contributed by atoms with E-state index in [9.17, 15) is 4.79 Å². The van der Waals surface area contributed by atoms with Crippen molar-refractivity contribution in [2.24, 2.45) is 0 Å². The number of piperazine rings is 1. The molecule has 1 saturated heterocycles. The zero-order valence-corrected chi connectivity index (χ0v) is 13.0. The summed E-state index contributed by atoms with van der Waals surface area (Å²) in [6, 6.07) is 5.46. The van der Waals surface area contributed by atoms with Crippen molar-refractivity contribution >= 4 is 29.1 Å². The van der Waals surface area contributed by atoms with E-state index < -0.39 is 0 Å². The summed E-state index contributed by atoms with van der Waals surface area (Å²) >= 11 is 12.0. The van der Waals surface area contributed by atoms with E-state index in [-0.39, 0.29) is 11.9 Å². The fourth-order valence-corrected chi connectivity index (χ4v) is 2.68. The van der Waals surface area contributed by atoms with Crippen molar-refractivity contribution in [3.05, 3.63) is 33.8 Å². The molecule has 1 aromatic rings. The Morgan fingerprint density at radius 3 is 2.95 bits per heavy atom. The van der Waals surface area contributed by atoms with E-state index >= 15 is 0 Å². The lowest BCUT2D eigenvalue weighted by Crippen LogP contribution is -2.57. The number of benzene rings is 1. The molecule has 6 heteroatoms. The quantitative estimate of drug-likeness (QED) is 0.892. The van der Waals surface area contributed by atoms with Crippen LogP contribution in [-0.4, -0.2) is 43.0 Å². The summed E-state index contributed by atoms with van der Waals surface area (Å²) in [5.41, 5.74) is 1.07. The number of nitrogens with one attached hydrogen (secondary N) is 2. The van der Waals surface area contributed by atoms with Gasteiger partial charge in [0.2, 0.25) is 5.91 Å². The minimum atomic E-state index is -0.141. The molecular formula is C14H19Cl2N3O. The molecule has 0 radical (unpaired) electrons. The average molecular weight is 316 g/mol. The van der Waals surface area contributed by atoms with E-state index in [0.29, 0.717) is 29.7 Å². The molecule has 0 bridgehead atoms. The zero-order valence-electron chi connectivity index (χ0n) is 11.5. The fraction of sp³-hybridized carbons (Fsp3) is 0.500. The standard InChI is InChI=1S/C14H19Cl2N3O/c1-2-18-14(20)13-8-17-5-6-19(13)9-10-3-4-11(15)12(16)7-10/h3-4,7,13,17H,2,5-6,8-9H2,1H3,(H,18,20). The van der Waals surface area contributed by atoms with Crippen molar-refractivity contribution < 1.29 is 4.79 Å². The molecule has 1 heterocycles. The summed E-state index contributed by atoms with van der Waals surface area (Å²) in [5.74, 6) is 0.0692. The first-order chi connectivity index (χ1) is 9.61. The second kappa shape index (κ2) is 7.27. The number of likely N-dealkylation sites (N-methyl/N-ethyl adjacent to an activating group) is 1. The Balaban J connectivity index is 2.08. The van der Waals surface area contributed by atoms with E-state index in [0.717, 1.165) is 18.7 Å². The maximum Gasteiger partial charge on any atom is 0.238 e. The molecule has 0 aromatic heterocycles. The van der Waals surface area contributed by atoms with E-state index in [2.05, 4.69) is 15.5 Å². The predicted molar refractivity (Wildman–Crippen MR) is 82.2 cm³/mol. The van der Waals surface area contributed by atoms with Crippen molar-refractivity contribution in [3.63, 3.8) is 0 Å². The Labute approximate surface area is 129 Å². The summed E-state index contributed by atoms with van der Waals surface area (Å²) in [5, 5.41) is 7.25. The van der Waals surface area contributed by atoms with Gasteiger partial charge in [-0.05, 0) is 24.6 Å². The topological polar surface area (TPSA) is 44.4 Å². The van der Waals surface area contributed by atoms with E-state index in [1.807, 2.05) is 19.1 Å². The molecule has 110 valence electrons. The van der Waals surface area contributed by atoms with Crippen LogP contribution in [-0.2, 0) is 11.3 Å². The molecular weight excluding hydrogens is 297 g/mol. The van der Waals surface area contributed by atoms with Crippen LogP contribution in [0.2, 0.25) is 10.0 Å². The highest BCUT2D eigenvalue weighted by Gasteiger charge is 2.28. The highest BCUT2D eigenvalue weighted by atomic mass is 35.5. The predicted octanol–water partition coefficient (Wildman–Crippen LogP) is 1.90. The SMILES string of the molecule is CCNC(=O)C1CNCCN1Cc1ccc(Cl)c(Cl)c1. The maximum atomic E-state index is 12.1. The second-order valence-electron chi connectivity index (χ2n) is 4.83. The Hall–Kier alpha value is -0.810. The third-order valence-electron chi connectivity index (χ3n) is 3.38. The van der Waals surface area contributed by atoms with Crippen LogP contribution in [0.15, 0.2) is 18.2 Å². The average Bonchev–Trinajstić information content (AvgIpc) is 2.44. The molecule has 1 amide bonds. The molecule has 2 rings (SSSR count). The molecule has 1 atom stereocenters. The van der Waals surface area contributed by atoms with Crippen LogP contribution in [0, 0.1) is 0 Å². The summed E-state index contributed by atoms with van der Waals surface area (Å²) in [4.78, 5) is 14.2. The van der Waals surface area contributed by atoms with E-state index in [4.69, 9.17) is 23.2 Å². The van der Waals surface area contributed by atoms with Gasteiger partial charge in [0, 0.05) is 32.7 Å². The van der Waals surface area contributed by atoms with Crippen LogP contribution in [0.25, 0.3) is 0 Å². The van der Waals surface area contributed by atoms with E-state index in [1.54, 1.807) is 6.07 Å². The van der Waals surface area contributed by atoms with Crippen LogP contribution < -0.4 is 10.6 Å². The number of hydrogen-bond donors (Lipinski definition) is 2. The van der Waals surface area contributed by atoms with Crippen LogP contribution in [0.3, 0.4) is 0 Å². The van der Waals surface area contributed by atoms with Crippen molar-refractivity contribution in [1.29, 1.82) is 0 Å². The molecule has 20 heavy (non-hydrogen) atoms. The number of halogens is 2. The van der Waals surface area contributed by atoms with Gasteiger partial charge < -0.3 is 10.6 Å². The van der Waals surface area contributed by atoms with Crippen molar-refractivity contribution in [3.8, 4) is 0 Å². The largest absolute Gasteiger partial charge is 0.355 e. The van der Waals surface area contributed by atoms with Crippen molar-refractivity contribution in [2.45, 2.75) is 19.5 Å². The number of rotatable bonds is 4. The zero-order chi connectivity index (χ0) is 14.5. The fourth-order valence-electron chi connectivity index (χ4n) is 2.36. The lowest BCUT2D eigenvalue weighted by atomic mass is 10.1. The number of carbonyl (C=O) groups is 1. The molecule has 0 spiro atoms. The molecule has 1 fully saturated rings. The van der Waals surface area contributed by atoms with Crippen LogP contribution >= 0.6 is 23.2 Å². The van der Waals surface area contributed by atoms with Gasteiger partial charge in [0.05, 0.1) is 10.0 Å². The molecule has 0 aliphatic carbocycles. The van der Waals surface area contributed by atoms with Crippen molar-refractivity contribution in [1.82, 2.24) is 15.5 Å². The van der Waals surface area contributed by atoms with Gasteiger partial charge in [0.25, 0.3) is 0 Å². The highest BCUT2D eigenvalue weighted by Crippen LogP contribution is 2.23. The summed E-state index contributed by atoms with van der Waals surface area (Å²) < 4.78 is 0. The van der Waals surface area contributed by atoms with Gasteiger partial charge in [0.15, 0.2) is 0 Å². The van der Waals surface area contributed by atoms with E-state index in [1.165, 1.54) is 0 Å². The normalized spacial score (nSPS) is 19.9. The monoisotopic (exact) mass is 315 g/mol. The van der Waals surface area contributed by atoms with Gasteiger partial charge in [0.1, 0.15) is 6.04 Å². The smallest absolute Gasteiger partial charge is 0.238 e. The Kier molecular flexibility index (Phi) is 5.66. The van der Waals surface area contributed by atoms with Gasteiger partial charge in [-0.2, -0.15) is 0 Å². The van der Waals surface area contributed by atoms with Crippen LogP contribution in [0.5, 0.6) is 0 Å². The number of amides is 1. The summed E-state index contributed by atoms with van der Waals surface area (Å²) in [6.45, 7) is 5.67. The third-order valence-corrected chi connectivity index (χ3v) is 4.12. The van der Waals surface area contributed by atoms with Gasteiger partial charge in [-0.25, -0.2) is 0 Å². The number of carbonyl (C=O) groups excluding carboxylic acids is 1. The highest BCUT2D eigenvalue weighted by molar-refractivity contribution is 6.42. The number of nitrogens with zero attached hydrogens (tertiary/aromatic N) is 1. The van der Waals surface area contributed by atoms with Crippen molar-refractivity contribution in [2.75, 3.05) is 26.2 Å². The van der Waals surface area contributed by atoms with Gasteiger partial charge >= 0.3 is 0 Å². The van der Waals surface area contributed by atoms with Gasteiger partial charge in [-0.1, -0.05) is 29.3 Å². The van der Waals surface area contributed by atoms with Crippen LogP contribution in [0.1, 0.15) is 12.5 Å². The first kappa shape index (κ1) is 15.6. The maximum absolute atomic E-state index is 12.1. The molecule has 0 saturated carbocycles. The summed E-state index contributed by atoms with van der Waals surface area (Å²) in [6.07, 6.45) is 0. The Morgan fingerprint density at radius 1 is 1.45 bits per heavy atom. The lowest BCUT2D eigenvalue weighted by Gasteiger charge is -2.35. The molecule has 1 aromatic carbocycles. The van der Waals surface area contributed by atoms with Crippen LogP contribution in [0.4, 0.5) is 0 Å². The number of hydrogen-bond acceptors (Lipinski definition) is 3. The first-order valence-electron chi connectivity index (χ1n) is 6.78. The summed E-state index contributed by atoms with van der Waals surface area (Å²) in [7, 11) is 0. The van der Waals surface area contributed by atoms with Gasteiger partial charge in [-0.3, -0.25) is 9.69 Å². The molecule has 1 aliphatic heterocycles. The lowest BCUT2D eigenvalue weighted by molar-refractivity contribution is -0.127. The Bertz CT molecular complexity index is 481. The Morgan fingerprint density at radius 2 is 2.25 bits per heavy atom.